The quantitative estimate of drug-likeness (QED) is 0.447. The molecule has 6 nitrogen and oxygen atoms in total. The predicted octanol–water partition coefficient (Wildman–Crippen LogP) is 4.19. The van der Waals surface area contributed by atoms with E-state index in [1.165, 1.54) is 16.7 Å². The fraction of sp³-hybridized carbons (Fsp3) is 0.450. The topological polar surface area (TPSA) is 76.1 Å². The summed E-state index contributed by atoms with van der Waals surface area (Å²) in [6.07, 6.45) is 2.14. The van der Waals surface area contributed by atoms with E-state index in [1.807, 2.05) is 25.1 Å². The number of carboxylic acids is 1. The molecule has 1 fully saturated rings. The lowest BCUT2D eigenvalue weighted by molar-refractivity contribution is -0.137. The number of hydrogen-bond acceptors (Lipinski definition) is 6. The number of amides is 1. The van der Waals surface area contributed by atoms with Crippen molar-refractivity contribution in [2.75, 3.05) is 19.8 Å². The molecule has 1 saturated heterocycles. The minimum absolute atomic E-state index is 0.00562. The van der Waals surface area contributed by atoms with Gasteiger partial charge in [-0.05, 0) is 43.0 Å². The number of carbonyl (C=O) groups excluding carboxylic acids is 1. The van der Waals surface area contributed by atoms with E-state index in [1.54, 1.807) is 6.08 Å². The first kappa shape index (κ1) is 22.2. The maximum Gasteiger partial charge on any atom is 0.303 e. The molecule has 0 unspecified atom stereocenters. The number of ether oxygens (including phenoxy) is 2. The Morgan fingerprint density at radius 3 is 2.71 bits per heavy atom. The molecule has 0 spiro atoms. The smallest absolute Gasteiger partial charge is 0.303 e. The zero-order valence-corrected chi connectivity index (χ0v) is 17.9. The van der Waals surface area contributed by atoms with Crippen LogP contribution < -0.4 is 9.47 Å². The molecule has 8 heteroatoms. The number of thiocarbonyl (C=S) groups is 1. The zero-order valence-electron chi connectivity index (χ0n) is 16.3. The molecular weight excluding hydrogens is 398 g/mol. The fourth-order valence-corrected chi connectivity index (χ4v) is 3.80. The molecule has 0 bridgehead atoms. The van der Waals surface area contributed by atoms with Crippen LogP contribution in [0.15, 0.2) is 23.1 Å². The third-order valence-electron chi connectivity index (χ3n) is 3.78. The van der Waals surface area contributed by atoms with Crippen LogP contribution >= 0.6 is 24.0 Å². The van der Waals surface area contributed by atoms with Crippen molar-refractivity contribution in [3.05, 3.63) is 28.7 Å². The number of benzene rings is 1. The van der Waals surface area contributed by atoms with E-state index >= 15 is 0 Å². The van der Waals surface area contributed by atoms with E-state index in [9.17, 15) is 9.59 Å². The standard InChI is InChI=1S/C20H25NO5S2/c1-4-25-16-10-14(7-8-15(16)26-12-13(2)3)11-17-19(24)21(20(27)28-17)9-5-6-18(22)23/h7-8,10-11,13H,4-6,9,12H2,1-3H3,(H,22,23)/b17-11-. The summed E-state index contributed by atoms with van der Waals surface area (Å²) in [5, 5.41) is 8.75. The maximum atomic E-state index is 12.6. The Morgan fingerprint density at radius 1 is 1.32 bits per heavy atom. The van der Waals surface area contributed by atoms with Crippen molar-refractivity contribution >= 4 is 46.3 Å². The Kier molecular flexibility index (Phi) is 8.32. The monoisotopic (exact) mass is 423 g/mol. The van der Waals surface area contributed by atoms with Gasteiger partial charge in [-0.15, -0.1) is 0 Å². The van der Waals surface area contributed by atoms with Crippen LogP contribution in [-0.2, 0) is 9.59 Å². The van der Waals surface area contributed by atoms with Gasteiger partial charge in [-0.2, -0.15) is 0 Å². The average molecular weight is 424 g/mol. The van der Waals surface area contributed by atoms with Crippen molar-refractivity contribution in [3.8, 4) is 11.5 Å². The van der Waals surface area contributed by atoms with E-state index < -0.39 is 5.97 Å². The Hall–Kier alpha value is -2.06. The highest BCUT2D eigenvalue weighted by Gasteiger charge is 2.31. The molecule has 1 heterocycles. The van der Waals surface area contributed by atoms with E-state index in [-0.39, 0.29) is 12.3 Å². The Labute approximate surface area is 174 Å². The molecule has 0 aliphatic carbocycles. The molecule has 1 aromatic rings. The van der Waals surface area contributed by atoms with Gasteiger partial charge in [0, 0.05) is 13.0 Å². The molecule has 1 amide bonds. The van der Waals surface area contributed by atoms with Gasteiger partial charge in [0.2, 0.25) is 0 Å². The van der Waals surface area contributed by atoms with Crippen LogP contribution in [0.5, 0.6) is 11.5 Å². The number of thioether (sulfide) groups is 1. The molecule has 152 valence electrons. The first-order valence-electron chi connectivity index (χ1n) is 9.18. The van der Waals surface area contributed by atoms with Gasteiger partial charge in [-0.1, -0.05) is 43.9 Å². The summed E-state index contributed by atoms with van der Waals surface area (Å²) in [7, 11) is 0. The van der Waals surface area contributed by atoms with Crippen LogP contribution in [0.4, 0.5) is 0 Å². The van der Waals surface area contributed by atoms with Crippen molar-refractivity contribution in [3.63, 3.8) is 0 Å². The van der Waals surface area contributed by atoms with Crippen molar-refractivity contribution < 1.29 is 24.2 Å². The molecule has 0 saturated carbocycles. The van der Waals surface area contributed by atoms with Crippen LogP contribution in [0, 0.1) is 5.92 Å². The Morgan fingerprint density at radius 2 is 2.07 bits per heavy atom. The van der Waals surface area contributed by atoms with Crippen LogP contribution in [-0.4, -0.2) is 46.0 Å². The molecule has 1 aliphatic rings. The molecule has 0 radical (unpaired) electrons. The van der Waals surface area contributed by atoms with Crippen molar-refractivity contribution in [1.29, 1.82) is 0 Å². The molecular formula is C20H25NO5S2. The van der Waals surface area contributed by atoms with Gasteiger partial charge >= 0.3 is 5.97 Å². The highest BCUT2D eigenvalue weighted by atomic mass is 32.2. The molecule has 2 rings (SSSR count). The summed E-state index contributed by atoms with van der Waals surface area (Å²) in [6.45, 7) is 7.46. The highest BCUT2D eigenvalue weighted by molar-refractivity contribution is 8.26. The molecule has 0 atom stereocenters. The third kappa shape index (κ3) is 6.24. The Balaban J connectivity index is 2.15. The average Bonchev–Trinajstić information content (AvgIpc) is 2.88. The van der Waals surface area contributed by atoms with Crippen LogP contribution in [0.25, 0.3) is 6.08 Å². The number of hydrogen-bond donors (Lipinski definition) is 1. The summed E-state index contributed by atoms with van der Waals surface area (Å²) >= 11 is 6.49. The fourth-order valence-electron chi connectivity index (χ4n) is 2.49. The molecule has 0 aromatic heterocycles. The minimum atomic E-state index is -0.885. The predicted molar refractivity (Wildman–Crippen MR) is 115 cm³/mol. The van der Waals surface area contributed by atoms with Crippen LogP contribution in [0.3, 0.4) is 0 Å². The molecule has 1 N–H and O–H groups in total. The van der Waals surface area contributed by atoms with E-state index in [0.29, 0.717) is 52.8 Å². The summed E-state index contributed by atoms with van der Waals surface area (Å²) in [5.41, 5.74) is 0.811. The molecule has 1 aliphatic heterocycles. The van der Waals surface area contributed by atoms with Crippen molar-refractivity contribution in [1.82, 2.24) is 4.90 Å². The number of rotatable bonds is 10. The second kappa shape index (κ2) is 10.5. The first-order valence-corrected chi connectivity index (χ1v) is 10.4. The molecule has 1 aromatic carbocycles. The largest absolute Gasteiger partial charge is 0.490 e. The van der Waals surface area contributed by atoms with Gasteiger partial charge in [-0.3, -0.25) is 14.5 Å². The highest BCUT2D eigenvalue weighted by Crippen LogP contribution is 2.35. The second-order valence-corrected chi connectivity index (χ2v) is 8.35. The van der Waals surface area contributed by atoms with Gasteiger partial charge in [0.1, 0.15) is 4.32 Å². The summed E-state index contributed by atoms with van der Waals surface area (Å²) < 4.78 is 11.9. The van der Waals surface area contributed by atoms with Gasteiger partial charge in [0.25, 0.3) is 5.91 Å². The SMILES string of the molecule is CCOc1cc(/C=C2\SC(=S)N(CCCC(=O)O)C2=O)ccc1OCC(C)C. The summed E-state index contributed by atoms with van der Waals surface area (Å²) in [6, 6.07) is 5.55. The van der Waals surface area contributed by atoms with Crippen molar-refractivity contribution in [2.24, 2.45) is 5.92 Å². The lowest BCUT2D eigenvalue weighted by atomic mass is 10.1. The first-order chi connectivity index (χ1) is 13.3. The lowest BCUT2D eigenvalue weighted by Crippen LogP contribution is -2.29. The lowest BCUT2D eigenvalue weighted by Gasteiger charge is -2.14. The van der Waals surface area contributed by atoms with Crippen LogP contribution in [0.1, 0.15) is 39.2 Å². The number of aliphatic carboxylic acids is 1. The number of carbonyl (C=O) groups is 2. The van der Waals surface area contributed by atoms with Crippen LogP contribution in [0.2, 0.25) is 0 Å². The van der Waals surface area contributed by atoms with Gasteiger partial charge in [0.15, 0.2) is 11.5 Å². The Bertz CT molecular complexity index is 776. The van der Waals surface area contributed by atoms with E-state index in [2.05, 4.69) is 13.8 Å². The van der Waals surface area contributed by atoms with E-state index in [4.69, 9.17) is 26.8 Å². The van der Waals surface area contributed by atoms with E-state index in [0.717, 1.165) is 5.56 Å². The second-order valence-electron chi connectivity index (χ2n) is 6.67. The summed E-state index contributed by atoms with van der Waals surface area (Å²) in [4.78, 5) is 25.2. The minimum Gasteiger partial charge on any atom is -0.490 e. The molecule has 28 heavy (non-hydrogen) atoms. The van der Waals surface area contributed by atoms with Gasteiger partial charge < -0.3 is 14.6 Å². The van der Waals surface area contributed by atoms with Gasteiger partial charge in [0.05, 0.1) is 18.1 Å². The van der Waals surface area contributed by atoms with Gasteiger partial charge in [-0.25, -0.2) is 0 Å². The zero-order chi connectivity index (χ0) is 20.7. The van der Waals surface area contributed by atoms with Crippen molar-refractivity contribution in [2.45, 2.75) is 33.6 Å². The summed E-state index contributed by atoms with van der Waals surface area (Å²) in [5.74, 6) is 0.627. The maximum absolute atomic E-state index is 12.6. The normalized spacial score (nSPS) is 15.6. The third-order valence-corrected chi connectivity index (χ3v) is 5.16. The number of nitrogens with zero attached hydrogens (tertiary/aromatic N) is 1. The number of carboxylic acid groups (broad SMARTS) is 1.